The number of rotatable bonds is 7. The van der Waals surface area contributed by atoms with Gasteiger partial charge in [0.2, 0.25) is 5.91 Å². The lowest BCUT2D eigenvalue weighted by Gasteiger charge is -2.24. The minimum absolute atomic E-state index is 0.0388. The Kier molecular flexibility index (Phi) is 7.06. The third kappa shape index (κ3) is 5.11. The van der Waals surface area contributed by atoms with Crippen molar-refractivity contribution in [1.82, 2.24) is 16.0 Å². The van der Waals surface area contributed by atoms with Crippen molar-refractivity contribution in [1.29, 1.82) is 0 Å². The van der Waals surface area contributed by atoms with E-state index in [1.165, 1.54) is 18.2 Å². The molecule has 2 aliphatic rings. The van der Waals surface area contributed by atoms with Crippen molar-refractivity contribution in [2.24, 2.45) is 10.9 Å². The van der Waals surface area contributed by atoms with E-state index in [2.05, 4.69) is 20.9 Å². The van der Waals surface area contributed by atoms with Gasteiger partial charge in [0, 0.05) is 45.2 Å². The SMILES string of the molecule is CN=C(NCCCNC(=O)C1CCC1)NC1CCN(c2c(F)cccc2F)C1. The first-order chi connectivity index (χ1) is 13.6. The van der Waals surface area contributed by atoms with E-state index in [9.17, 15) is 13.6 Å². The second-order valence-corrected chi connectivity index (χ2v) is 7.42. The van der Waals surface area contributed by atoms with Crippen LogP contribution in [0.25, 0.3) is 0 Å². The van der Waals surface area contributed by atoms with Gasteiger partial charge in [-0.15, -0.1) is 0 Å². The maximum atomic E-state index is 14.0. The van der Waals surface area contributed by atoms with Gasteiger partial charge in [0.25, 0.3) is 0 Å². The minimum atomic E-state index is -0.535. The number of guanidine groups is 1. The Labute approximate surface area is 164 Å². The number of anilines is 1. The molecule has 1 aliphatic carbocycles. The van der Waals surface area contributed by atoms with Crippen LogP contribution >= 0.6 is 0 Å². The molecule has 1 atom stereocenters. The first-order valence-electron chi connectivity index (χ1n) is 10.0. The number of carbonyl (C=O) groups excluding carboxylic acids is 1. The molecule has 1 saturated heterocycles. The number of aliphatic imine (C=N–C) groups is 1. The number of hydrogen-bond donors (Lipinski definition) is 3. The highest BCUT2D eigenvalue weighted by Crippen LogP contribution is 2.27. The fourth-order valence-electron chi connectivity index (χ4n) is 3.58. The number of para-hydroxylation sites is 1. The summed E-state index contributed by atoms with van der Waals surface area (Å²) in [7, 11) is 1.69. The molecule has 1 aromatic carbocycles. The molecule has 28 heavy (non-hydrogen) atoms. The van der Waals surface area contributed by atoms with Crippen molar-refractivity contribution in [3.8, 4) is 0 Å². The van der Waals surface area contributed by atoms with Crippen molar-refractivity contribution in [3.63, 3.8) is 0 Å². The molecule has 6 nitrogen and oxygen atoms in total. The van der Waals surface area contributed by atoms with E-state index in [4.69, 9.17) is 0 Å². The summed E-state index contributed by atoms with van der Waals surface area (Å²) in [5.41, 5.74) is 0.0388. The van der Waals surface area contributed by atoms with E-state index in [1.807, 2.05) is 0 Å². The quantitative estimate of drug-likeness (QED) is 0.377. The zero-order chi connectivity index (χ0) is 19.9. The zero-order valence-electron chi connectivity index (χ0n) is 16.3. The van der Waals surface area contributed by atoms with Gasteiger partial charge in [-0.3, -0.25) is 9.79 Å². The monoisotopic (exact) mass is 393 g/mol. The third-order valence-electron chi connectivity index (χ3n) is 5.43. The molecule has 0 bridgehead atoms. The average Bonchev–Trinajstić information content (AvgIpc) is 3.06. The first-order valence-corrected chi connectivity index (χ1v) is 10.0. The van der Waals surface area contributed by atoms with Crippen LogP contribution in [0.3, 0.4) is 0 Å². The maximum Gasteiger partial charge on any atom is 0.223 e. The summed E-state index contributed by atoms with van der Waals surface area (Å²) >= 11 is 0. The van der Waals surface area contributed by atoms with Gasteiger partial charge in [0.05, 0.1) is 0 Å². The fraction of sp³-hybridized carbons (Fsp3) is 0.600. The summed E-state index contributed by atoms with van der Waals surface area (Å²) in [5.74, 6) is -0.0300. The molecule has 2 fully saturated rings. The third-order valence-corrected chi connectivity index (χ3v) is 5.43. The van der Waals surface area contributed by atoms with Crippen LogP contribution < -0.4 is 20.9 Å². The summed E-state index contributed by atoms with van der Waals surface area (Å²) in [6.45, 7) is 2.42. The van der Waals surface area contributed by atoms with Crippen molar-refractivity contribution < 1.29 is 13.6 Å². The first kappa shape index (κ1) is 20.4. The molecule has 0 spiro atoms. The predicted molar refractivity (Wildman–Crippen MR) is 106 cm³/mol. The van der Waals surface area contributed by atoms with Gasteiger partial charge >= 0.3 is 0 Å². The van der Waals surface area contributed by atoms with Crippen LogP contribution in [0.1, 0.15) is 32.1 Å². The highest BCUT2D eigenvalue weighted by atomic mass is 19.1. The molecule has 8 heteroatoms. The van der Waals surface area contributed by atoms with Gasteiger partial charge in [-0.2, -0.15) is 0 Å². The molecule has 1 heterocycles. The van der Waals surface area contributed by atoms with E-state index >= 15 is 0 Å². The molecule has 1 amide bonds. The number of nitrogens with zero attached hydrogens (tertiary/aromatic N) is 2. The van der Waals surface area contributed by atoms with E-state index in [0.717, 1.165) is 32.1 Å². The fourth-order valence-corrected chi connectivity index (χ4v) is 3.58. The largest absolute Gasteiger partial charge is 0.365 e. The summed E-state index contributed by atoms with van der Waals surface area (Å²) in [6, 6.07) is 4.00. The Balaban J connectivity index is 1.37. The van der Waals surface area contributed by atoms with Crippen molar-refractivity contribution in [2.75, 3.05) is 38.1 Å². The predicted octanol–water partition coefficient (Wildman–Crippen LogP) is 2.01. The van der Waals surface area contributed by atoms with Crippen molar-refractivity contribution in [3.05, 3.63) is 29.8 Å². The van der Waals surface area contributed by atoms with Crippen LogP contribution in [0.4, 0.5) is 14.5 Å². The van der Waals surface area contributed by atoms with E-state index in [1.54, 1.807) is 11.9 Å². The topological polar surface area (TPSA) is 68.8 Å². The van der Waals surface area contributed by atoms with Gasteiger partial charge in [-0.25, -0.2) is 8.78 Å². The second-order valence-electron chi connectivity index (χ2n) is 7.42. The summed E-state index contributed by atoms with van der Waals surface area (Å²) in [6.07, 6.45) is 4.75. The Bertz CT molecular complexity index is 688. The Hall–Kier alpha value is -2.38. The van der Waals surface area contributed by atoms with Crippen molar-refractivity contribution >= 4 is 17.6 Å². The number of benzene rings is 1. The van der Waals surface area contributed by atoms with Crippen LogP contribution in [-0.2, 0) is 4.79 Å². The maximum absolute atomic E-state index is 14.0. The minimum Gasteiger partial charge on any atom is -0.365 e. The van der Waals surface area contributed by atoms with Gasteiger partial charge in [0.15, 0.2) is 5.96 Å². The standard InChI is InChI=1S/C20H29F2N5O/c1-23-20(25-11-4-10-24-19(28)14-5-2-6-14)26-15-9-12-27(13-15)18-16(21)7-3-8-17(18)22/h3,7-8,14-15H,2,4-6,9-13H2,1H3,(H,24,28)(H2,23,25,26). The van der Waals surface area contributed by atoms with Gasteiger partial charge < -0.3 is 20.9 Å². The Morgan fingerprint density at radius 1 is 1.18 bits per heavy atom. The Morgan fingerprint density at radius 3 is 2.54 bits per heavy atom. The highest BCUT2D eigenvalue weighted by Gasteiger charge is 2.27. The molecule has 154 valence electrons. The molecule has 0 radical (unpaired) electrons. The molecule has 3 N–H and O–H groups in total. The number of amides is 1. The summed E-state index contributed by atoms with van der Waals surface area (Å²) < 4.78 is 27.9. The number of carbonyl (C=O) groups is 1. The normalized spacial score (nSPS) is 20.0. The van der Waals surface area contributed by atoms with Crippen LogP contribution in [0.15, 0.2) is 23.2 Å². The molecule has 0 aromatic heterocycles. The molecule has 1 unspecified atom stereocenters. The summed E-state index contributed by atoms with van der Waals surface area (Å²) in [5, 5.41) is 9.50. The molecule has 1 saturated carbocycles. The molecule has 1 aliphatic heterocycles. The van der Waals surface area contributed by atoms with Crippen LogP contribution in [-0.4, -0.2) is 51.1 Å². The van der Waals surface area contributed by atoms with Crippen LogP contribution in [0, 0.1) is 17.6 Å². The van der Waals surface area contributed by atoms with E-state index in [-0.39, 0.29) is 23.6 Å². The zero-order valence-corrected chi connectivity index (χ0v) is 16.3. The van der Waals surface area contributed by atoms with E-state index in [0.29, 0.717) is 32.1 Å². The lowest BCUT2D eigenvalue weighted by molar-refractivity contribution is -0.127. The average molecular weight is 393 g/mol. The molecule has 3 rings (SSSR count). The molecular formula is C20H29F2N5O. The molecule has 1 aromatic rings. The Morgan fingerprint density at radius 2 is 1.89 bits per heavy atom. The van der Waals surface area contributed by atoms with Crippen molar-refractivity contribution in [2.45, 2.75) is 38.1 Å². The highest BCUT2D eigenvalue weighted by molar-refractivity contribution is 5.80. The summed E-state index contributed by atoms with van der Waals surface area (Å²) in [4.78, 5) is 17.7. The lowest BCUT2D eigenvalue weighted by atomic mass is 9.85. The number of halogens is 2. The second kappa shape index (κ2) is 9.71. The van der Waals surface area contributed by atoms with Crippen LogP contribution in [0.5, 0.6) is 0 Å². The molecular weight excluding hydrogens is 364 g/mol. The number of nitrogens with one attached hydrogen (secondary N) is 3. The smallest absolute Gasteiger partial charge is 0.223 e. The number of hydrogen-bond acceptors (Lipinski definition) is 3. The van der Waals surface area contributed by atoms with Gasteiger partial charge in [0.1, 0.15) is 17.3 Å². The van der Waals surface area contributed by atoms with Gasteiger partial charge in [-0.05, 0) is 37.8 Å². The van der Waals surface area contributed by atoms with E-state index < -0.39 is 11.6 Å². The van der Waals surface area contributed by atoms with Gasteiger partial charge in [-0.1, -0.05) is 12.5 Å². The van der Waals surface area contributed by atoms with Crippen LogP contribution in [0.2, 0.25) is 0 Å². The lowest BCUT2D eigenvalue weighted by Crippen LogP contribution is -2.45.